The first-order valence-electron chi connectivity index (χ1n) is 15.7. The van der Waals surface area contributed by atoms with Gasteiger partial charge in [-0.2, -0.15) is 0 Å². The standard InChI is InChI=1S/C33H42N6O3/c1-23-18-27(36-15-12-32(2,20-36)25-6-4-3-5-7-25)19-39-29(23)34-28(35-39)30(40)38-17-14-33(22-38)13-16-37(21-33)26-10-8-24(9-11-26)31(41)42/h3-7,18-19,24,26H,8-17,20-22H2,1-2H3,(H,41,42)/t24?,26?,32-,33?/m0/s1. The molecule has 3 saturated heterocycles. The highest BCUT2D eigenvalue weighted by atomic mass is 16.4. The third-order valence-electron chi connectivity index (χ3n) is 10.9. The number of hydrogen-bond donors (Lipinski definition) is 1. The number of carboxylic acids is 1. The Bertz CT molecular complexity index is 1500. The van der Waals surface area contributed by atoms with Gasteiger partial charge in [0.15, 0.2) is 5.65 Å². The van der Waals surface area contributed by atoms with Crippen LogP contribution in [0.2, 0.25) is 0 Å². The minimum Gasteiger partial charge on any atom is -0.481 e. The van der Waals surface area contributed by atoms with Crippen LogP contribution >= 0.6 is 0 Å². The molecule has 1 saturated carbocycles. The van der Waals surface area contributed by atoms with E-state index in [1.807, 2.05) is 11.1 Å². The molecule has 0 bridgehead atoms. The van der Waals surface area contributed by atoms with Gasteiger partial charge in [-0.1, -0.05) is 37.3 Å². The lowest BCUT2D eigenvalue weighted by molar-refractivity contribution is -0.143. The van der Waals surface area contributed by atoms with Gasteiger partial charge in [0.25, 0.3) is 5.91 Å². The van der Waals surface area contributed by atoms with Crippen molar-refractivity contribution in [1.82, 2.24) is 24.4 Å². The van der Waals surface area contributed by atoms with E-state index in [0.29, 0.717) is 6.04 Å². The van der Waals surface area contributed by atoms with Gasteiger partial charge in [-0.15, -0.1) is 5.10 Å². The normalized spacial score (nSPS) is 30.1. The van der Waals surface area contributed by atoms with E-state index in [2.05, 4.69) is 60.0 Å². The van der Waals surface area contributed by atoms with Gasteiger partial charge in [0.05, 0.1) is 17.8 Å². The molecule has 9 nitrogen and oxygen atoms in total. The fourth-order valence-electron chi connectivity index (χ4n) is 8.20. The molecule has 3 aromatic rings. The number of carbonyl (C=O) groups is 2. The quantitative estimate of drug-likeness (QED) is 0.486. The van der Waals surface area contributed by atoms with Crippen LogP contribution in [0.4, 0.5) is 5.69 Å². The summed E-state index contributed by atoms with van der Waals surface area (Å²) in [6.07, 6.45) is 8.70. The summed E-state index contributed by atoms with van der Waals surface area (Å²) in [5.74, 6) is -0.621. The Morgan fingerprint density at radius 2 is 1.71 bits per heavy atom. The van der Waals surface area contributed by atoms with Crippen LogP contribution in [0.3, 0.4) is 0 Å². The largest absolute Gasteiger partial charge is 0.481 e. The van der Waals surface area contributed by atoms with Crippen LogP contribution in [0.5, 0.6) is 0 Å². The number of carboxylic acid groups (broad SMARTS) is 1. The van der Waals surface area contributed by atoms with Gasteiger partial charge in [-0.25, -0.2) is 9.50 Å². The van der Waals surface area contributed by atoms with Gasteiger partial charge in [-0.3, -0.25) is 14.5 Å². The van der Waals surface area contributed by atoms with Crippen LogP contribution in [0.15, 0.2) is 42.6 Å². The molecular formula is C33H42N6O3. The smallest absolute Gasteiger partial charge is 0.306 e. The number of rotatable bonds is 5. The van der Waals surface area contributed by atoms with Crippen LogP contribution in [0, 0.1) is 18.3 Å². The van der Waals surface area contributed by atoms with Crippen LogP contribution in [0.25, 0.3) is 5.65 Å². The Labute approximate surface area is 247 Å². The molecule has 3 aliphatic heterocycles. The zero-order valence-corrected chi connectivity index (χ0v) is 24.8. The minimum atomic E-state index is -0.648. The van der Waals surface area contributed by atoms with E-state index in [9.17, 15) is 14.7 Å². The monoisotopic (exact) mass is 570 g/mol. The van der Waals surface area contributed by atoms with E-state index in [1.54, 1.807) is 4.52 Å². The van der Waals surface area contributed by atoms with Crippen molar-refractivity contribution in [2.45, 2.75) is 70.3 Å². The van der Waals surface area contributed by atoms with Crippen molar-refractivity contribution in [3.05, 3.63) is 59.5 Å². The molecule has 2 atom stereocenters. The fraction of sp³-hybridized carbons (Fsp3) is 0.576. The molecule has 0 radical (unpaired) electrons. The molecule has 42 heavy (non-hydrogen) atoms. The van der Waals surface area contributed by atoms with Crippen LogP contribution < -0.4 is 4.90 Å². The van der Waals surface area contributed by atoms with Crippen molar-refractivity contribution >= 4 is 23.2 Å². The summed E-state index contributed by atoms with van der Waals surface area (Å²) in [6, 6.07) is 13.4. The number of nitrogens with zero attached hydrogens (tertiary/aromatic N) is 6. The first-order chi connectivity index (χ1) is 20.2. The van der Waals surface area contributed by atoms with E-state index in [1.165, 1.54) is 5.56 Å². The molecule has 2 aromatic heterocycles. The van der Waals surface area contributed by atoms with E-state index in [-0.39, 0.29) is 28.5 Å². The lowest BCUT2D eigenvalue weighted by atomic mass is 9.82. The van der Waals surface area contributed by atoms with Gasteiger partial charge in [0.1, 0.15) is 0 Å². The Morgan fingerprint density at radius 1 is 0.952 bits per heavy atom. The molecule has 1 N–H and O–H groups in total. The SMILES string of the molecule is Cc1cc(N2CC[C@](C)(c3ccccc3)C2)cn2nc(C(=O)N3CCC4(CCN(C5CCC(C(=O)O)CC5)C4)C3)nc12. The zero-order valence-electron chi connectivity index (χ0n) is 24.8. The average Bonchev–Trinajstić information content (AvgIpc) is 3.80. The Kier molecular flexibility index (Phi) is 6.76. The average molecular weight is 571 g/mol. The third-order valence-corrected chi connectivity index (χ3v) is 10.9. The fourth-order valence-corrected chi connectivity index (χ4v) is 8.20. The van der Waals surface area contributed by atoms with Gasteiger partial charge >= 0.3 is 5.97 Å². The molecule has 7 rings (SSSR count). The molecule has 1 aliphatic carbocycles. The van der Waals surface area contributed by atoms with E-state index in [0.717, 1.165) is 101 Å². The number of benzene rings is 1. The van der Waals surface area contributed by atoms with Crippen LogP contribution in [-0.2, 0) is 10.2 Å². The van der Waals surface area contributed by atoms with Crippen molar-refractivity contribution in [3.63, 3.8) is 0 Å². The van der Waals surface area contributed by atoms with E-state index >= 15 is 0 Å². The second kappa shape index (κ2) is 10.4. The van der Waals surface area contributed by atoms with E-state index < -0.39 is 5.97 Å². The van der Waals surface area contributed by atoms with Crippen molar-refractivity contribution in [3.8, 4) is 0 Å². The van der Waals surface area contributed by atoms with Crippen molar-refractivity contribution in [2.24, 2.45) is 11.3 Å². The number of likely N-dealkylation sites (tertiary alicyclic amines) is 2. The number of aryl methyl sites for hydroxylation is 1. The van der Waals surface area contributed by atoms with Gasteiger partial charge in [-0.05, 0) is 75.6 Å². The molecule has 1 amide bonds. The summed E-state index contributed by atoms with van der Waals surface area (Å²) in [5.41, 5.74) is 4.49. The molecule has 4 aliphatic rings. The Balaban J connectivity index is 1.02. The van der Waals surface area contributed by atoms with Gasteiger partial charge in [0, 0.05) is 49.6 Å². The first kappa shape index (κ1) is 27.4. The predicted molar refractivity (Wildman–Crippen MR) is 161 cm³/mol. The lowest BCUT2D eigenvalue weighted by Gasteiger charge is -2.34. The molecule has 4 fully saturated rings. The second-order valence-electron chi connectivity index (χ2n) is 13.7. The Morgan fingerprint density at radius 3 is 2.48 bits per heavy atom. The third kappa shape index (κ3) is 4.85. The van der Waals surface area contributed by atoms with E-state index in [4.69, 9.17) is 10.1 Å². The van der Waals surface area contributed by atoms with Crippen molar-refractivity contribution < 1.29 is 14.7 Å². The number of pyridine rings is 1. The second-order valence-corrected chi connectivity index (χ2v) is 13.7. The zero-order chi connectivity index (χ0) is 29.1. The molecular weight excluding hydrogens is 528 g/mol. The molecule has 1 aromatic carbocycles. The summed E-state index contributed by atoms with van der Waals surface area (Å²) >= 11 is 0. The van der Waals surface area contributed by atoms with Crippen LogP contribution in [-0.4, -0.2) is 86.7 Å². The summed E-state index contributed by atoms with van der Waals surface area (Å²) in [4.78, 5) is 36.7. The molecule has 222 valence electrons. The van der Waals surface area contributed by atoms with Gasteiger partial charge < -0.3 is 14.9 Å². The summed E-state index contributed by atoms with van der Waals surface area (Å²) < 4.78 is 1.80. The number of carbonyl (C=O) groups excluding carboxylic acids is 1. The highest BCUT2D eigenvalue weighted by Gasteiger charge is 2.47. The Hall–Kier alpha value is -3.46. The number of aromatic nitrogens is 3. The number of hydrogen-bond acceptors (Lipinski definition) is 6. The number of anilines is 1. The molecule has 5 heterocycles. The molecule has 1 spiro atoms. The molecule has 9 heteroatoms. The predicted octanol–water partition coefficient (Wildman–Crippen LogP) is 4.39. The van der Waals surface area contributed by atoms with Crippen molar-refractivity contribution in [2.75, 3.05) is 44.2 Å². The summed E-state index contributed by atoms with van der Waals surface area (Å²) in [7, 11) is 0. The number of fused-ring (bicyclic) bond motifs is 1. The highest BCUT2D eigenvalue weighted by Crippen LogP contribution is 2.42. The minimum absolute atomic E-state index is 0.0743. The summed E-state index contributed by atoms with van der Waals surface area (Å²) in [5, 5.41) is 14.0. The lowest BCUT2D eigenvalue weighted by Crippen LogP contribution is -2.40. The van der Waals surface area contributed by atoms with Crippen molar-refractivity contribution in [1.29, 1.82) is 0 Å². The maximum absolute atomic E-state index is 13.6. The summed E-state index contributed by atoms with van der Waals surface area (Å²) in [6.45, 7) is 9.84. The molecule has 1 unspecified atom stereocenters. The first-order valence-corrected chi connectivity index (χ1v) is 15.7. The maximum Gasteiger partial charge on any atom is 0.306 e. The topological polar surface area (TPSA) is 94.3 Å². The van der Waals surface area contributed by atoms with Gasteiger partial charge in [0.2, 0.25) is 5.82 Å². The number of aliphatic carboxylic acids is 1. The highest BCUT2D eigenvalue weighted by molar-refractivity contribution is 5.91. The maximum atomic E-state index is 13.6. The number of amides is 1. The van der Waals surface area contributed by atoms with Crippen LogP contribution in [0.1, 0.15) is 73.6 Å².